The zero-order valence-corrected chi connectivity index (χ0v) is 13.9. The van der Waals surface area contributed by atoms with Gasteiger partial charge >= 0.3 is 0 Å². The summed E-state index contributed by atoms with van der Waals surface area (Å²) in [7, 11) is 1.94. The van der Waals surface area contributed by atoms with Crippen molar-refractivity contribution in [3.8, 4) is 5.75 Å². The second-order valence-electron chi connectivity index (χ2n) is 6.33. The minimum Gasteiger partial charge on any atom is -0.491 e. The first kappa shape index (κ1) is 16.0. The maximum atomic E-state index is 10.3. The SMILES string of the molecule is Cc1ccccc1OC[C@@H](O)CN1CCC[C@@H]1c1cnn(C)c1. The van der Waals surface area contributed by atoms with Crippen molar-refractivity contribution in [2.75, 3.05) is 19.7 Å². The summed E-state index contributed by atoms with van der Waals surface area (Å²) in [6, 6.07) is 8.25. The van der Waals surface area contributed by atoms with Gasteiger partial charge in [0.25, 0.3) is 0 Å². The molecule has 124 valence electrons. The highest BCUT2D eigenvalue weighted by molar-refractivity contribution is 5.31. The van der Waals surface area contributed by atoms with Crippen molar-refractivity contribution in [2.24, 2.45) is 7.05 Å². The van der Waals surface area contributed by atoms with E-state index >= 15 is 0 Å². The summed E-state index contributed by atoms with van der Waals surface area (Å²) in [6.45, 7) is 3.98. The number of rotatable bonds is 6. The third-order valence-electron chi connectivity index (χ3n) is 4.44. The molecule has 1 aliphatic rings. The zero-order valence-electron chi connectivity index (χ0n) is 13.9. The minimum absolute atomic E-state index is 0.321. The van der Waals surface area contributed by atoms with E-state index < -0.39 is 6.10 Å². The fourth-order valence-corrected chi connectivity index (χ4v) is 3.26. The number of benzene rings is 1. The number of aromatic nitrogens is 2. The maximum absolute atomic E-state index is 10.3. The summed E-state index contributed by atoms with van der Waals surface area (Å²) in [4.78, 5) is 2.34. The van der Waals surface area contributed by atoms with Crippen molar-refractivity contribution in [3.63, 3.8) is 0 Å². The topological polar surface area (TPSA) is 50.5 Å². The number of nitrogens with zero attached hydrogens (tertiary/aromatic N) is 3. The lowest BCUT2D eigenvalue weighted by Crippen LogP contribution is -2.35. The van der Waals surface area contributed by atoms with Crippen LogP contribution in [0.4, 0.5) is 0 Å². The Hall–Kier alpha value is -1.85. The number of likely N-dealkylation sites (tertiary alicyclic amines) is 1. The Morgan fingerprint density at radius 2 is 2.22 bits per heavy atom. The van der Waals surface area contributed by atoms with Crippen LogP contribution in [-0.2, 0) is 7.05 Å². The van der Waals surface area contributed by atoms with Crippen LogP contribution in [0.5, 0.6) is 5.75 Å². The molecular weight excluding hydrogens is 290 g/mol. The Bertz CT molecular complexity index is 641. The maximum Gasteiger partial charge on any atom is 0.122 e. The molecule has 1 aromatic heterocycles. The molecule has 2 aromatic rings. The fraction of sp³-hybridized carbons (Fsp3) is 0.500. The summed E-state index contributed by atoms with van der Waals surface area (Å²) in [5, 5.41) is 14.6. The van der Waals surface area contributed by atoms with Crippen LogP contribution >= 0.6 is 0 Å². The van der Waals surface area contributed by atoms with Gasteiger partial charge in [-0.15, -0.1) is 0 Å². The van der Waals surface area contributed by atoms with Gasteiger partial charge in [-0.2, -0.15) is 5.10 Å². The molecule has 0 radical (unpaired) electrons. The van der Waals surface area contributed by atoms with Gasteiger partial charge in [-0.3, -0.25) is 9.58 Å². The number of aliphatic hydroxyl groups is 1. The summed E-state index contributed by atoms with van der Waals surface area (Å²) in [5.74, 6) is 0.844. The molecule has 5 heteroatoms. The average Bonchev–Trinajstić information content (AvgIpc) is 3.15. The van der Waals surface area contributed by atoms with E-state index in [0.29, 0.717) is 19.2 Å². The van der Waals surface area contributed by atoms with Crippen molar-refractivity contribution in [3.05, 3.63) is 47.8 Å². The smallest absolute Gasteiger partial charge is 0.122 e. The molecule has 1 fully saturated rings. The molecule has 1 aliphatic heterocycles. The van der Waals surface area contributed by atoms with Crippen LogP contribution in [0.1, 0.15) is 30.0 Å². The zero-order chi connectivity index (χ0) is 16.2. The molecule has 0 saturated carbocycles. The molecule has 0 spiro atoms. The van der Waals surface area contributed by atoms with Gasteiger partial charge in [-0.25, -0.2) is 0 Å². The van der Waals surface area contributed by atoms with E-state index in [9.17, 15) is 5.11 Å². The molecule has 23 heavy (non-hydrogen) atoms. The van der Waals surface area contributed by atoms with Gasteiger partial charge in [0, 0.05) is 31.4 Å². The Morgan fingerprint density at radius 1 is 1.39 bits per heavy atom. The highest BCUT2D eigenvalue weighted by atomic mass is 16.5. The van der Waals surface area contributed by atoms with Gasteiger partial charge in [-0.1, -0.05) is 18.2 Å². The summed E-state index contributed by atoms with van der Waals surface area (Å²) in [5.41, 5.74) is 2.33. The molecule has 0 aliphatic carbocycles. The predicted molar refractivity (Wildman–Crippen MR) is 89.4 cm³/mol. The summed E-state index contributed by atoms with van der Waals surface area (Å²) in [6.07, 6.45) is 5.78. The minimum atomic E-state index is -0.494. The van der Waals surface area contributed by atoms with E-state index in [4.69, 9.17) is 4.74 Å². The van der Waals surface area contributed by atoms with E-state index in [1.165, 1.54) is 5.56 Å². The number of para-hydroxylation sites is 1. The third-order valence-corrected chi connectivity index (χ3v) is 4.44. The lowest BCUT2D eigenvalue weighted by Gasteiger charge is -2.26. The van der Waals surface area contributed by atoms with Crippen molar-refractivity contribution in [1.82, 2.24) is 14.7 Å². The van der Waals surface area contributed by atoms with E-state index in [2.05, 4.69) is 16.2 Å². The average molecular weight is 315 g/mol. The number of aliphatic hydroxyl groups excluding tert-OH is 1. The second-order valence-corrected chi connectivity index (χ2v) is 6.33. The summed E-state index contributed by atoms with van der Waals surface area (Å²) < 4.78 is 7.60. The van der Waals surface area contributed by atoms with Crippen LogP contribution < -0.4 is 4.74 Å². The van der Waals surface area contributed by atoms with Gasteiger partial charge in [0.15, 0.2) is 0 Å². The van der Waals surface area contributed by atoms with Crippen LogP contribution in [0, 0.1) is 6.92 Å². The molecule has 1 saturated heterocycles. The largest absolute Gasteiger partial charge is 0.491 e. The lowest BCUT2D eigenvalue weighted by atomic mass is 10.1. The number of aryl methyl sites for hydroxylation is 2. The Labute approximate surface area is 137 Å². The van der Waals surface area contributed by atoms with E-state index in [1.54, 1.807) is 0 Å². The monoisotopic (exact) mass is 315 g/mol. The number of hydrogen-bond acceptors (Lipinski definition) is 4. The normalized spacial score (nSPS) is 19.9. The Kier molecular flexibility index (Phi) is 4.98. The molecule has 2 heterocycles. The van der Waals surface area contributed by atoms with Crippen molar-refractivity contribution in [1.29, 1.82) is 0 Å². The van der Waals surface area contributed by atoms with Crippen LogP contribution in [0.25, 0.3) is 0 Å². The van der Waals surface area contributed by atoms with Gasteiger partial charge in [0.2, 0.25) is 0 Å². The van der Waals surface area contributed by atoms with Crippen molar-refractivity contribution in [2.45, 2.75) is 31.9 Å². The molecule has 1 N–H and O–H groups in total. The molecule has 0 amide bonds. The fourth-order valence-electron chi connectivity index (χ4n) is 3.26. The molecule has 5 nitrogen and oxygen atoms in total. The quantitative estimate of drug-likeness (QED) is 0.889. The van der Waals surface area contributed by atoms with Gasteiger partial charge in [0.1, 0.15) is 18.5 Å². The van der Waals surface area contributed by atoms with Crippen molar-refractivity contribution < 1.29 is 9.84 Å². The third kappa shape index (κ3) is 3.92. The lowest BCUT2D eigenvalue weighted by molar-refractivity contribution is 0.0636. The van der Waals surface area contributed by atoms with Gasteiger partial charge in [0.05, 0.1) is 6.20 Å². The van der Waals surface area contributed by atoms with E-state index in [1.807, 2.05) is 49.1 Å². The van der Waals surface area contributed by atoms with Gasteiger partial charge < -0.3 is 9.84 Å². The van der Waals surface area contributed by atoms with E-state index in [0.717, 1.165) is 30.7 Å². The number of β-amino-alcohol motifs (C(OH)–C–C–N with tert-alkyl or cyclic N) is 1. The Morgan fingerprint density at radius 3 is 2.96 bits per heavy atom. The molecule has 0 unspecified atom stereocenters. The Balaban J connectivity index is 1.54. The van der Waals surface area contributed by atoms with Gasteiger partial charge in [-0.05, 0) is 37.9 Å². The highest BCUT2D eigenvalue weighted by Crippen LogP contribution is 2.31. The van der Waals surface area contributed by atoms with Crippen LogP contribution in [0.15, 0.2) is 36.7 Å². The first-order valence-corrected chi connectivity index (χ1v) is 8.22. The standard InChI is InChI=1S/C18H25N3O2/c1-14-6-3-4-8-18(14)23-13-16(22)12-21-9-5-7-17(21)15-10-19-20(2)11-15/h3-4,6,8,10-11,16-17,22H,5,7,9,12-13H2,1-2H3/t16-,17+/m0/s1. The molecule has 3 rings (SSSR count). The molecule has 2 atom stereocenters. The molecule has 1 aromatic carbocycles. The first-order chi connectivity index (χ1) is 11.1. The van der Waals surface area contributed by atoms with Crippen LogP contribution in [0.2, 0.25) is 0 Å². The van der Waals surface area contributed by atoms with Crippen LogP contribution in [-0.4, -0.2) is 45.6 Å². The first-order valence-electron chi connectivity index (χ1n) is 8.22. The van der Waals surface area contributed by atoms with Crippen molar-refractivity contribution >= 4 is 0 Å². The second kappa shape index (κ2) is 7.15. The number of ether oxygens (including phenoxy) is 1. The molecular formula is C18H25N3O2. The van der Waals surface area contributed by atoms with E-state index in [-0.39, 0.29) is 0 Å². The summed E-state index contributed by atoms with van der Waals surface area (Å²) >= 11 is 0. The predicted octanol–water partition coefficient (Wildman–Crippen LogP) is 2.31. The highest BCUT2D eigenvalue weighted by Gasteiger charge is 2.28. The number of hydrogen-bond donors (Lipinski definition) is 1. The molecule has 0 bridgehead atoms. The van der Waals surface area contributed by atoms with Crippen LogP contribution in [0.3, 0.4) is 0 Å².